The molecule has 2 rings (SSSR count). The van der Waals surface area contributed by atoms with E-state index in [1.54, 1.807) is 12.1 Å². The molecular formula is C17H22N2O2. The fourth-order valence-corrected chi connectivity index (χ4v) is 2.45. The monoisotopic (exact) mass is 286 g/mol. The van der Waals surface area contributed by atoms with Gasteiger partial charge in [0.05, 0.1) is 11.1 Å². The zero-order valence-electron chi connectivity index (χ0n) is 13.0. The molecule has 1 aromatic heterocycles. The molecule has 4 nitrogen and oxygen atoms in total. The number of benzene rings is 1. The number of carbonyl (C=O) groups is 1. The van der Waals surface area contributed by atoms with Gasteiger partial charge in [0.2, 0.25) is 0 Å². The summed E-state index contributed by atoms with van der Waals surface area (Å²) in [6.45, 7) is 9.57. The lowest BCUT2D eigenvalue weighted by Crippen LogP contribution is -2.34. The first-order valence-corrected chi connectivity index (χ1v) is 7.30. The van der Waals surface area contributed by atoms with Crippen molar-refractivity contribution in [2.24, 2.45) is 5.92 Å². The first-order chi connectivity index (χ1) is 9.90. The van der Waals surface area contributed by atoms with E-state index in [0.717, 1.165) is 17.9 Å². The lowest BCUT2D eigenvalue weighted by Gasteiger charge is -2.29. The molecule has 1 N–H and O–H groups in total. The molecule has 2 aromatic rings. The second-order valence-electron chi connectivity index (χ2n) is 5.99. The molecule has 1 heterocycles. The fourth-order valence-electron chi connectivity index (χ4n) is 2.45. The third kappa shape index (κ3) is 3.32. The van der Waals surface area contributed by atoms with Gasteiger partial charge in [0.15, 0.2) is 0 Å². The van der Waals surface area contributed by atoms with Gasteiger partial charge in [-0.25, -0.2) is 9.78 Å². The first kappa shape index (κ1) is 15.3. The normalized spacial score (nSPS) is 11.3. The van der Waals surface area contributed by atoms with Gasteiger partial charge < -0.3 is 10.0 Å². The van der Waals surface area contributed by atoms with Crippen LogP contribution in [0.3, 0.4) is 0 Å². The van der Waals surface area contributed by atoms with E-state index in [-0.39, 0.29) is 0 Å². The van der Waals surface area contributed by atoms with E-state index in [1.165, 1.54) is 0 Å². The molecule has 0 amide bonds. The molecule has 0 aliphatic heterocycles. The number of pyridine rings is 1. The number of hydrogen-bond acceptors (Lipinski definition) is 3. The third-order valence-electron chi connectivity index (χ3n) is 3.43. The summed E-state index contributed by atoms with van der Waals surface area (Å²) < 4.78 is 0. The maximum atomic E-state index is 11.2. The highest BCUT2D eigenvalue weighted by atomic mass is 16.4. The molecule has 0 aliphatic rings. The Balaban J connectivity index is 2.49. The van der Waals surface area contributed by atoms with Gasteiger partial charge in [0.1, 0.15) is 5.82 Å². The second kappa shape index (κ2) is 6.12. The number of rotatable bonds is 5. The smallest absolute Gasteiger partial charge is 0.336 e. The van der Waals surface area contributed by atoms with Gasteiger partial charge in [0, 0.05) is 18.0 Å². The Morgan fingerprint density at radius 1 is 1.19 bits per heavy atom. The molecule has 0 spiro atoms. The largest absolute Gasteiger partial charge is 0.478 e. The Bertz CT molecular complexity index is 650. The van der Waals surface area contributed by atoms with E-state index in [0.29, 0.717) is 22.9 Å². The van der Waals surface area contributed by atoms with Crippen molar-refractivity contribution in [3.05, 3.63) is 35.9 Å². The summed E-state index contributed by atoms with van der Waals surface area (Å²) in [4.78, 5) is 18.2. The number of fused-ring (bicyclic) bond motifs is 1. The molecule has 112 valence electrons. The number of aromatic carboxylic acids is 1. The van der Waals surface area contributed by atoms with Crippen LogP contribution in [-0.4, -0.2) is 28.6 Å². The van der Waals surface area contributed by atoms with E-state index < -0.39 is 5.97 Å². The molecule has 21 heavy (non-hydrogen) atoms. The van der Waals surface area contributed by atoms with E-state index in [1.807, 2.05) is 18.2 Å². The van der Waals surface area contributed by atoms with Crippen molar-refractivity contribution in [2.75, 3.05) is 11.4 Å². The Labute approximate surface area is 125 Å². The minimum atomic E-state index is -0.918. The van der Waals surface area contributed by atoms with E-state index in [4.69, 9.17) is 0 Å². The van der Waals surface area contributed by atoms with Gasteiger partial charge in [0.25, 0.3) is 0 Å². The molecule has 0 fully saturated rings. The van der Waals surface area contributed by atoms with Crippen LogP contribution in [0.1, 0.15) is 38.1 Å². The van der Waals surface area contributed by atoms with Crippen LogP contribution in [0, 0.1) is 5.92 Å². The molecule has 4 heteroatoms. The van der Waals surface area contributed by atoms with Crippen molar-refractivity contribution in [1.29, 1.82) is 0 Å². The number of anilines is 1. The summed E-state index contributed by atoms with van der Waals surface area (Å²) in [6.07, 6.45) is 0. The van der Waals surface area contributed by atoms with Crippen molar-refractivity contribution < 1.29 is 9.90 Å². The first-order valence-electron chi connectivity index (χ1n) is 7.30. The van der Waals surface area contributed by atoms with Crippen LogP contribution in [0.5, 0.6) is 0 Å². The highest BCUT2D eigenvalue weighted by Crippen LogP contribution is 2.23. The Morgan fingerprint density at radius 2 is 1.90 bits per heavy atom. The van der Waals surface area contributed by atoms with E-state index in [9.17, 15) is 9.90 Å². The summed E-state index contributed by atoms with van der Waals surface area (Å²) in [6, 6.07) is 9.33. The van der Waals surface area contributed by atoms with Gasteiger partial charge in [-0.3, -0.25) is 0 Å². The quantitative estimate of drug-likeness (QED) is 0.908. The van der Waals surface area contributed by atoms with Gasteiger partial charge in [-0.15, -0.1) is 0 Å². The molecule has 0 unspecified atom stereocenters. The Kier molecular flexibility index (Phi) is 4.46. The minimum Gasteiger partial charge on any atom is -0.478 e. The molecular weight excluding hydrogens is 264 g/mol. The molecule has 1 aromatic carbocycles. The van der Waals surface area contributed by atoms with Crippen LogP contribution in [0.25, 0.3) is 10.9 Å². The van der Waals surface area contributed by atoms with Crippen LogP contribution >= 0.6 is 0 Å². The molecule has 0 atom stereocenters. The summed E-state index contributed by atoms with van der Waals surface area (Å²) in [5.41, 5.74) is 1.02. The summed E-state index contributed by atoms with van der Waals surface area (Å²) in [5.74, 6) is 0.516. The minimum absolute atomic E-state index is 0.298. The number of hydrogen-bond donors (Lipinski definition) is 1. The molecule has 0 aliphatic carbocycles. The number of aromatic nitrogens is 1. The second-order valence-corrected chi connectivity index (χ2v) is 5.99. The summed E-state index contributed by atoms with van der Waals surface area (Å²) in [5, 5.41) is 9.91. The predicted molar refractivity (Wildman–Crippen MR) is 86.0 cm³/mol. The van der Waals surface area contributed by atoms with Crippen molar-refractivity contribution in [2.45, 2.75) is 33.7 Å². The summed E-state index contributed by atoms with van der Waals surface area (Å²) in [7, 11) is 0. The van der Waals surface area contributed by atoms with E-state index in [2.05, 4.69) is 37.6 Å². The summed E-state index contributed by atoms with van der Waals surface area (Å²) >= 11 is 0. The van der Waals surface area contributed by atoms with Crippen LogP contribution in [0.4, 0.5) is 5.82 Å². The average molecular weight is 286 g/mol. The Hall–Kier alpha value is -2.10. The van der Waals surface area contributed by atoms with Crippen LogP contribution in [0.15, 0.2) is 30.3 Å². The van der Waals surface area contributed by atoms with Crippen molar-refractivity contribution >= 4 is 22.7 Å². The highest BCUT2D eigenvalue weighted by Gasteiger charge is 2.15. The van der Waals surface area contributed by atoms with Gasteiger partial charge in [-0.1, -0.05) is 19.9 Å². The zero-order valence-corrected chi connectivity index (χ0v) is 13.0. The maximum absolute atomic E-state index is 11.2. The number of carboxylic acids is 1. The lowest BCUT2D eigenvalue weighted by atomic mass is 10.1. The van der Waals surface area contributed by atoms with Gasteiger partial charge in [-0.05, 0) is 44.0 Å². The van der Waals surface area contributed by atoms with Crippen LogP contribution in [0.2, 0.25) is 0 Å². The van der Waals surface area contributed by atoms with E-state index >= 15 is 0 Å². The van der Waals surface area contributed by atoms with Crippen molar-refractivity contribution in [3.63, 3.8) is 0 Å². The molecule has 0 bridgehead atoms. The number of nitrogens with zero attached hydrogens (tertiary/aromatic N) is 2. The van der Waals surface area contributed by atoms with Crippen LogP contribution in [-0.2, 0) is 0 Å². The predicted octanol–water partition coefficient (Wildman–Crippen LogP) is 3.80. The van der Waals surface area contributed by atoms with Crippen molar-refractivity contribution in [3.8, 4) is 0 Å². The number of carboxylic acid groups (broad SMARTS) is 1. The zero-order chi connectivity index (χ0) is 15.6. The topological polar surface area (TPSA) is 53.4 Å². The fraction of sp³-hybridized carbons (Fsp3) is 0.412. The average Bonchev–Trinajstić information content (AvgIpc) is 2.42. The maximum Gasteiger partial charge on any atom is 0.336 e. The SMILES string of the molecule is CC(C)CN(c1ccc2c(C(=O)O)cccc2n1)C(C)C. The molecule has 0 saturated heterocycles. The van der Waals surface area contributed by atoms with Crippen LogP contribution < -0.4 is 4.90 Å². The molecule has 0 radical (unpaired) electrons. The molecule has 0 saturated carbocycles. The standard InChI is InChI=1S/C17H22N2O2/c1-11(2)10-19(12(3)4)16-9-8-13-14(17(20)21)6-5-7-15(13)18-16/h5-9,11-12H,10H2,1-4H3,(H,20,21). The third-order valence-corrected chi connectivity index (χ3v) is 3.43. The Morgan fingerprint density at radius 3 is 2.48 bits per heavy atom. The van der Waals surface area contributed by atoms with Gasteiger partial charge in [-0.2, -0.15) is 0 Å². The lowest BCUT2D eigenvalue weighted by molar-refractivity contribution is 0.0699. The van der Waals surface area contributed by atoms with Crippen molar-refractivity contribution in [1.82, 2.24) is 4.98 Å². The highest BCUT2D eigenvalue weighted by molar-refractivity contribution is 6.02. The van der Waals surface area contributed by atoms with Gasteiger partial charge >= 0.3 is 5.97 Å².